The number of aromatic nitrogens is 2. The molecule has 0 aromatic carbocycles. The van der Waals surface area contributed by atoms with E-state index in [2.05, 4.69) is 10.2 Å². The summed E-state index contributed by atoms with van der Waals surface area (Å²) in [4.78, 5) is 13.3. The molecule has 1 aliphatic heterocycles. The predicted octanol–water partition coefficient (Wildman–Crippen LogP) is 0.482. The second kappa shape index (κ2) is 2.33. The molecule has 0 atom stereocenters. The Morgan fingerprint density at radius 3 is 2.58 bits per heavy atom. The lowest BCUT2D eigenvalue weighted by Gasteiger charge is -1.97. The van der Waals surface area contributed by atoms with Gasteiger partial charge in [0.15, 0.2) is 5.69 Å². The Kier molecular flexibility index (Phi) is 1.43. The van der Waals surface area contributed by atoms with Crippen LogP contribution in [-0.2, 0) is 0 Å². The first-order valence-electron chi connectivity index (χ1n) is 4.01. The van der Waals surface area contributed by atoms with Crippen LogP contribution < -0.4 is 0 Å². The van der Waals surface area contributed by atoms with Gasteiger partial charge in [0.2, 0.25) is 0 Å². The molecule has 1 aromatic rings. The van der Waals surface area contributed by atoms with Gasteiger partial charge < -0.3 is 4.90 Å². The average molecular weight is 165 g/mol. The van der Waals surface area contributed by atoms with Crippen LogP contribution in [0.15, 0.2) is 0 Å². The largest absolute Gasteiger partial charge is 0.334 e. The molecule has 4 nitrogen and oxygen atoms in total. The molecule has 1 saturated heterocycles. The summed E-state index contributed by atoms with van der Waals surface area (Å²) < 4.78 is 0. The van der Waals surface area contributed by atoms with E-state index in [0.29, 0.717) is 5.69 Å². The summed E-state index contributed by atoms with van der Waals surface area (Å²) in [6.07, 6.45) is 0. The van der Waals surface area contributed by atoms with Crippen LogP contribution in [0.1, 0.15) is 21.7 Å². The van der Waals surface area contributed by atoms with E-state index in [4.69, 9.17) is 0 Å². The fourth-order valence-electron chi connectivity index (χ4n) is 1.10. The number of carbonyl (C=O) groups excluding carboxylic acids is 1. The highest BCUT2D eigenvalue weighted by Crippen LogP contribution is 2.15. The molecule has 0 saturated carbocycles. The molecule has 0 radical (unpaired) electrons. The van der Waals surface area contributed by atoms with E-state index in [1.54, 1.807) is 4.90 Å². The van der Waals surface area contributed by atoms with Crippen LogP contribution in [0.4, 0.5) is 0 Å². The summed E-state index contributed by atoms with van der Waals surface area (Å²) in [7, 11) is 0. The quantitative estimate of drug-likeness (QED) is 0.615. The SMILES string of the molecule is Cc1[nH]nc(C(=O)N2CC2)c1C. The normalized spacial score (nSPS) is 15.0. The van der Waals surface area contributed by atoms with Crippen molar-refractivity contribution < 1.29 is 4.79 Å². The lowest BCUT2D eigenvalue weighted by molar-refractivity contribution is 0.0879. The summed E-state index contributed by atoms with van der Waals surface area (Å²) >= 11 is 0. The van der Waals surface area contributed by atoms with E-state index in [0.717, 1.165) is 24.3 Å². The van der Waals surface area contributed by atoms with E-state index in [1.165, 1.54) is 0 Å². The standard InChI is InChI=1S/C8H11N3O/c1-5-6(2)9-10-7(5)8(12)11-3-4-11/h3-4H2,1-2H3,(H,9,10). The molecule has 0 unspecified atom stereocenters. The van der Waals surface area contributed by atoms with Gasteiger partial charge in [-0.3, -0.25) is 9.89 Å². The summed E-state index contributed by atoms with van der Waals surface area (Å²) in [5.74, 6) is 0.0526. The number of aromatic amines is 1. The number of rotatable bonds is 1. The number of nitrogens with one attached hydrogen (secondary N) is 1. The highest BCUT2D eigenvalue weighted by molar-refractivity contribution is 5.95. The maximum Gasteiger partial charge on any atom is 0.274 e. The Bertz CT molecular complexity index is 325. The molecular formula is C8H11N3O. The minimum Gasteiger partial charge on any atom is -0.334 e. The molecule has 0 aliphatic carbocycles. The molecule has 4 heteroatoms. The molecule has 1 N–H and O–H groups in total. The van der Waals surface area contributed by atoms with Crippen molar-refractivity contribution >= 4 is 5.91 Å². The van der Waals surface area contributed by atoms with Crippen LogP contribution in [0, 0.1) is 13.8 Å². The lowest BCUT2D eigenvalue weighted by atomic mass is 10.2. The molecule has 64 valence electrons. The van der Waals surface area contributed by atoms with E-state index in [1.807, 2.05) is 13.8 Å². The monoisotopic (exact) mass is 165 g/mol. The van der Waals surface area contributed by atoms with E-state index >= 15 is 0 Å². The minimum atomic E-state index is 0.0526. The summed E-state index contributed by atoms with van der Waals surface area (Å²) in [6, 6.07) is 0. The highest BCUT2D eigenvalue weighted by Gasteiger charge is 2.28. The molecule has 0 spiro atoms. The second-order valence-electron chi connectivity index (χ2n) is 3.11. The maximum atomic E-state index is 11.5. The first kappa shape index (κ1) is 7.34. The van der Waals surface area contributed by atoms with Gasteiger partial charge in [0.1, 0.15) is 0 Å². The van der Waals surface area contributed by atoms with Gasteiger partial charge in [-0.2, -0.15) is 5.10 Å². The van der Waals surface area contributed by atoms with Gasteiger partial charge >= 0.3 is 0 Å². The minimum absolute atomic E-state index is 0.0526. The van der Waals surface area contributed by atoms with Gasteiger partial charge in [-0.15, -0.1) is 0 Å². The molecular weight excluding hydrogens is 154 g/mol. The van der Waals surface area contributed by atoms with Crippen molar-refractivity contribution in [3.8, 4) is 0 Å². The van der Waals surface area contributed by atoms with E-state index in [-0.39, 0.29) is 5.91 Å². The Hall–Kier alpha value is -1.32. The smallest absolute Gasteiger partial charge is 0.274 e. The number of amides is 1. The van der Waals surface area contributed by atoms with Gasteiger partial charge in [-0.1, -0.05) is 0 Å². The summed E-state index contributed by atoms with van der Waals surface area (Å²) in [5, 5.41) is 6.76. The third-order valence-electron chi connectivity index (χ3n) is 2.19. The van der Waals surface area contributed by atoms with Crippen molar-refractivity contribution in [3.63, 3.8) is 0 Å². The van der Waals surface area contributed by atoms with Crippen molar-refractivity contribution in [3.05, 3.63) is 17.0 Å². The number of hydrogen-bond donors (Lipinski definition) is 1. The molecule has 1 amide bonds. The van der Waals surface area contributed by atoms with E-state index < -0.39 is 0 Å². The van der Waals surface area contributed by atoms with Crippen molar-refractivity contribution in [2.24, 2.45) is 0 Å². The van der Waals surface area contributed by atoms with Crippen LogP contribution in [-0.4, -0.2) is 34.1 Å². The average Bonchev–Trinajstić information content (AvgIpc) is 2.82. The van der Waals surface area contributed by atoms with Crippen molar-refractivity contribution in [2.45, 2.75) is 13.8 Å². The topological polar surface area (TPSA) is 48.8 Å². The van der Waals surface area contributed by atoms with Gasteiger partial charge in [-0.05, 0) is 13.8 Å². The first-order valence-corrected chi connectivity index (χ1v) is 4.01. The van der Waals surface area contributed by atoms with Crippen molar-refractivity contribution in [1.29, 1.82) is 0 Å². The zero-order chi connectivity index (χ0) is 8.72. The third-order valence-corrected chi connectivity index (χ3v) is 2.19. The van der Waals surface area contributed by atoms with Gasteiger partial charge in [0.05, 0.1) is 0 Å². The zero-order valence-electron chi connectivity index (χ0n) is 7.22. The fraction of sp³-hybridized carbons (Fsp3) is 0.500. The number of nitrogens with zero attached hydrogens (tertiary/aromatic N) is 2. The van der Waals surface area contributed by atoms with Crippen LogP contribution in [0.2, 0.25) is 0 Å². The van der Waals surface area contributed by atoms with Crippen LogP contribution in [0.25, 0.3) is 0 Å². The Morgan fingerprint density at radius 1 is 1.50 bits per heavy atom. The van der Waals surface area contributed by atoms with Crippen molar-refractivity contribution in [2.75, 3.05) is 13.1 Å². The highest BCUT2D eigenvalue weighted by atomic mass is 16.2. The molecule has 1 aliphatic rings. The summed E-state index contributed by atoms with van der Waals surface area (Å²) in [5.41, 5.74) is 2.51. The van der Waals surface area contributed by atoms with Crippen molar-refractivity contribution in [1.82, 2.24) is 15.1 Å². The number of aryl methyl sites for hydroxylation is 1. The second-order valence-corrected chi connectivity index (χ2v) is 3.11. The molecule has 0 bridgehead atoms. The maximum absolute atomic E-state index is 11.5. The molecule has 1 fully saturated rings. The molecule has 2 rings (SSSR count). The number of H-pyrrole nitrogens is 1. The Morgan fingerprint density at radius 2 is 2.17 bits per heavy atom. The van der Waals surface area contributed by atoms with Crippen LogP contribution in [0.5, 0.6) is 0 Å². The lowest BCUT2D eigenvalue weighted by Crippen LogP contribution is -2.12. The predicted molar refractivity (Wildman–Crippen MR) is 44.0 cm³/mol. The number of hydrogen-bond acceptors (Lipinski definition) is 2. The third kappa shape index (κ3) is 0.995. The Balaban J connectivity index is 2.32. The molecule has 1 aromatic heterocycles. The van der Waals surface area contributed by atoms with Gasteiger partial charge in [-0.25, -0.2) is 0 Å². The van der Waals surface area contributed by atoms with Crippen LogP contribution >= 0.6 is 0 Å². The van der Waals surface area contributed by atoms with Crippen LogP contribution in [0.3, 0.4) is 0 Å². The molecule has 12 heavy (non-hydrogen) atoms. The van der Waals surface area contributed by atoms with Gasteiger partial charge in [0.25, 0.3) is 5.91 Å². The van der Waals surface area contributed by atoms with E-state index in [9.17, 15) is 4.79 Å². The first-order chi connectivity index (χ1) is 5.70. The Labute approximate surface area is 70.6 Å². The fourth-order valence-corrected chi connectivity index (χ4v) is 1.10. The summed E-state index contributed by atoms with van der Waals surface area (Å²) in [6.45, 7) is 5.59. The number of carbonyl (C=O) groups is 1. The zero-order valence-corrected chi connectivity index (χ0v) is 7.22. The van der Waals surface area contributed by atoms with Gasteiger partial charge in [0, 0.05) is 24.3 Å². The molecule has 2 heterocycles.